The summed E-state index contributed by atoms with van der Waals surface area (Å²) in [6.07, 6.45) is 14.8. The van der Waals surface area contributed by atoms with Crippen molar-refractivity contribution < 1.29 is 62.0 Å². The molecule has 1 aliphatic heterocycles. The van der Waals surface area contributed by atoms with Crippen molar-refractivity contribution in [3.63, 3.8) is 0 Å². The van der Waals surface area contributed by atoms with E-state index in [1.54, 1.807) is 0 Å². The molecule has 186 valence electrons. The van der Waals surface area contributed by atoms with Crippen molar-refractivity contribution in [2.75, 3.05) is 38.5 Å². The maximum Gasteiger partial charge on any atom is 1.00 e. The molecule has 0 aliphatic carbocycles. The Morgan fingerprint density at radius 2 is 1.73 bits per heavy atom. The topological polar surface area (TPSA) is 127 Å². The minimum atomic E-state index is -4.59. The van der Waals surface area contributed by atoms with Crippen LogP contribution in [0.15, 0.2) is 17.1 Å². The second kappa shape index (κ2) is 18.2. The van der Waals surface area contributed by atoms with E-state index in [-0.39, 0.29) is 71.8 Å². The summed E-state index contributed by atoms with van der Waals surface area (Å²) in [6.45, 7) is 2.78. The van der Waals surface area contributed by atoms with E-state index in [1.165, 1.54) is 44.9 Å². The van der Waals surface area contributed by atoms with Gasteiger partial charge in [-0.3, -0.25) is 9.28 Å². The zero-order valence-electron chi connectivity index (χ0n) is 20.6. The third kappa shape index (κ3) is 14.1. The van der Waals surface area contributed by atoms with E-state index in [9.17, 15) is 28.0 Å². The van der Waals surface area contributed by atoms with Crippen LogP contribution in [0.25, 0.3) is 0 Å². The number of carbonyl (C=O) groups excluding carboxylic acids is 1. The second-order valence-corrected chi connectivity index (χ2v) is 10.2. The fourth-order valence-electron chi connectivity index (χ4n) is 4.28. The van der Waals surface area contributed by atoms with Gasteiger partial charge in [0, 0.05) is 6.42 Å². The number of ketones is 1. The van der Waals surface area contributed by atoms with Crippen molar-refractivity contribution in [2.24, 2.45) is 4.99 Å². The monoisotopic (exact) mass is 497 g/mol. The van der Waals surface area contributed by atoms with E-state index in [0.717, 1.165) is 12.8 Å². The summed E-state index contributed by atoms with van der Waals surface area (Å²) in [6, 6.07) is 0. The van der Waals surface area contributed by atoms with Crippen molar-refractivity contribution in [3.8, 4) is 0 Å². The maximum absolute atomic E-state index is 12.8. The van der Waals surface area contributed by atoms with Crippen molar-refractivity contribution in [3.05, 3.63) is 12.2 Å². The fourth-order valence-corrected chi connectivity index (χ4v) is 4.86. The summed E-state index contributed by atoms with van der Waals surface area (Å²) in [7, 11) is -4.59. The predicted molar refractivity (Wildman–Crippen MR) is 125 cm³/mol. The SMILES string of the molecule is CCCCCCCCCC/C=C/CCC(=O)C1=NCC[N+]1(CCO)CC(O)CS(=O)(=O)[O-].[Na+]. The number of nitrogens with zero attached hydrogens (tertiary/aromatic N) is 2. The van der Waals surface area contributed by atoms with E-state index < -0.39 is 22.0 Å². The van der Waals surface area contributed by atoms with E-state index >= 15 is 0 Å². The molecule has 0 amide bonds. The molecule has 0 spiro atoms. The van der Waals surface area contributed by atoms with Gasteiger partial charge in [-0.15, -0.1) is 0 Å². The standard InChI is InChI=1S/C23H42N2O6S.Na/c1-2-3-4-5-6-7-8-9-10-11-12-13-14-22(28)23-24-15-16-25(23,17-18-26)19-21(27)20-32(29,30)31;/h11-12,21,26-27H,2-10,13-20H2,1H3;/q;+1/b12-11+;. The quantitative estimate of drug-likeness (QED) is 0.0819. The molecule has 2 N–H and O–H groups in total. The molecule has 1 heterocycles. The molecule has 0 aromatic heterocycles. The Hall–Kier alpha value is -0.130. The summed E-state index contributed by atoms with van der Waals surface area (Å²) >= 11 is 0. The normalized spacial score (nSPS) is 19.5. The number of unbranched alkanes of at least 4 members (excludes halogenated alkanes) is 8. The van der Waals surface area contributed by atoms with Crippen LogP contribution in [0.3, 0.4) is 0 Å². The number of hydrogen-bond acceptors (Lipinski definition) is 7. The van der Waals surface area contributed by atoms with Crippen LogP contribution < -0.4 is 29.6 Å². The summed E-state index contributed by atoms with van der Waals surface area (Å²) < 4.78 is 32.8. The van der Waals surface area contributed by atoms with Gasteiger partial charge < -0.3 is 14.8 Å². The zero-order valence-corrected chi connectivity index (χ0v) is 23.4. The van der Waals surface area contributed by atoms with Gasteiger partial charge in [-0.2, -0.15) is 0 Å². The first-order chi connectivity index (χ1) is 15.2. The first-order valence-electron chi connectivity index (χ1n) is 12.1. The molecule has 2 atom stereocenters. The summed E-state index contributed by atoms with van der Waals surface area (Å²) in [4.78, 5) is 17.1. The molecule has 0 aromatic rings. The number of quaternary nitrogens is 1. The van der Waals surface area contributed by atoms with Crippen molar-refractivity contribution in [1.29, 1.82) is 0 Å². The van der Waals surface area contributed by atoms with Gasteiger partial charge in [0.25, 0.3) is 5.84 Å². The molecule has 0 saturated carbocycles. The van der Waals surface area contributed by atoms with Gasteiger partial charge in [-0.25, -0.2) is 13.4 Å². The average molecular weight is 498 g/mol. The van der Waals surface area contributed by atoms with Crippen LogP contribution in [0, 0.1) is 0 Å². The number of carbonyl (C=O) groups is 1. The van der Waals surface area contributed by atoms with E-state index in [1.807, 2.05) is 6.08 Å². The summed E-state index contributed by atoms with van der Waals surface area (Å²) in [5, 5.41) is 19.5. The number of aliphatic imine (C=N–C) groups is 1. The maximum atomic E-state index is 12.8. The van der Waals surface area contributed by atoms with E-state index in [0.29, 0.717) is 19.5 Å². The van der Waals surface area contributed by atoms with Gasteiger partial charge in [0.2, 0.25) is 5.78 Å². The van der Waals surface area contributed by atoms with Crippen LogP contribution in [0.1, 0.15) is 77.6 Å². The Balaban J connectivity index is 0.0000102. The second-order valence-electron chi connectivity index (χ2n) is 8.78. The van der Waals surface area contributed by atoms with Gasteiger partial charge in [0.15, 0.2) is 0 Å². The van der Waals surface area contributed by atoms with Gasteiger partial charge in [0.05, 0.1) is 29.0 Å². The molecule has 10 heteroatoms. The number of aliphatic hydroxyl groups is 2. The molecule has 0 bridgehead atoms. The molecule has 2 unspecified atom stereocenters. The Kier molecular flexibility index (Phi) is 18.1. The first kappa shape index (κ1) is 32.9. The zero-order chi connectivity index (χ0) is 23.9. The number of aliphatic hydroxyl groups excluding tert-OH is 2. The fraction of sp³-hybridized carbons (Fsp3) is 0.826. The molecule has 0 radical (unpaired) electrons. The Labute approximate surface area is 222 Å². The van der Waals surface area contributed by atoms with Crippen LogP contribution in [0.2, 0.25) is 0 Å². The molecule has 33 heavy (non-hydrogen) atoms. The number of Topliss-reactive ketones (excluding diaryl/α,β-unsaturated/α-hetero) is 1. The average Bonchev–Trinajstić information content (AvgIpc) is 3.10. The molecule has 0 saturated heterocycles. The van der Waals surface area contributed by atoms with Crippen LogP contribution in [-0.4, -0.2) is 83.9 Å². The first-order valence-corrected chi connectivity index (χ1v) is 13.6. The molecule has 1 aliphatic rings. The Bertz CT molecular complexity index is 714. The molecular weight excluding hydrogens is 455 g/mol. The van der Waals surface area contributed by atoms with Crippen LogP contribution in [0.4, 0.5) is 0 Å². The molecular formula is C23H42N2NaO6S+. The number of rotatable bonds is 19. The van der Waals surface area contributed by atoms with Crippen molar-refractivity contribution >= 4 is 21.7 Å². The van der Waals surface area contributed by atoms with Crippen LogP contribution in [0.5, 0.6) is 0 Å². The third-order valence-electron chi connectivity index (χ3n) is 5.90. The van der Waals surface area contributed by atoms with Crippen molar-refractivity contribution in [1.82, 2.24) is 0 Å². The minimum absolute atomic E-state index is 0. The Morgan fingerprint density at radius 1 is 1.12 bits per heavy atom. The van der Waals surface area contributed by atoms with E-state index in [2.05, 4.69) is 18.0 Å². The number of amidine groups is 1. The van der Waals surface area contributed by atoms with Crippen LogP contribution >= 0.6 is 0 Å². The van der Waals surface area contributed by atoms with Gasteiger partial charge >= 0.3 is 29.6 Å². The molecule has 0 fully saturated rings. The summed E-state index contributed by atoms with van der Waals surface area (Å²) in [5.74, 6) is -0.816. The summed E-state index contributed by atoms with van der Waals surface area (Å²) in [5.41, 5.74) is 0. The predicted octanol–water partition coefficient (Wildman–Crippen LogP) is -0.446. The van der Waals surface area contributed by atoms with Crippen LogP contribution in [-0.2, 0) is 14.9 Å². The van der Waals surface area contributed by atoms with E-state index in [4.69, 9.17) is 0 Å². The van der Waals surface area contributed by atoms with Gasteiger partial charge in [-0.05, 0) is 19.3 Å². The molecule has 0 aromatic carbocycles. The van der Waals surface area contributed by atoms with Crippen molar-refractivity contribution in [2.45, 2.75) is 83.7 Å². The minimum Gasteiger partial charge on any atom is -0.748 e. The largest absolute Gasteiger partial charge is 1.00 e. The van der Waals surface area contributed by atoms with Gasteiger partial charge in [-0.1, -0.05) is 64.0 Å². The third-order valence-corrected chi connectivity index (χ3v) is 6.70. The number of allylic oxidation sites excluding steroid dienone is 2. The smallest absolute Gasteiger partial charge is 0.748 e. The molecule has 1 rings (SSSR count). The van der Waals surface area contributed by atoms with Gasteiger partial charge in [0.1, 0.15) is 25.7 Å². The molecule has 8 nitrogen and oxygen atoms in total. The number of hydrogen-bond donors (Lipinski definition) is 2. The Morgan fingerprint density at radius 3 is 2.33 bits per heavy atom.